The first-order valence-electron chi connectivity index (χ1n) is 3.59. The monoisotopic (exact) mass is 199 g/mol. The summed E-state index contributed by atoms with van der Waals surface area (Å²) in [5.41, 5.74) is 0. The molecule has 0 aliphatic rings. The Balaban J connectivity index is 3.55. The van der Waals surface area contributed by atoms with Crippen LogP contribution in [0.1, 0.15) is 20.3 Å². The van der Waals surface area contributed by atoms with Crippen molar-refractivity contribution in [1.29, 1.82) is 0 Å². The summed E-state index contributed by atoms with van der Waals surface area (Å²) in [7, 11) is -3.02. The normalized spacial score (nSPS) is 14.8. The maximum atomic E-state index is 10.8. The summed E-state index contributed by atoms with van der Waals surface area (Å²) < 4.78 is 24.1. The summed E-state index contributed by atoms with van der Waals surface area (Å²) in [6.07, 6.45) is 0.667. The molecule has 1 unspecified atom stereocenters. The highest BCUT2D eigenvalue weighted by Crippen LogP contribution is 1.98. The predicted octanol–water partition coefficient (Wildman–Crippen LogP) is 0.943. The molecule has 0 amide bonds. The van der Waals surface area contributed by atoms with E-state index in [1.807, 2.05) is 6.92 Å². The van der Waals surface area contributed by atoms with Crippen LogP contribution in [0.4, 0.5) is 0 Å². The molecule has 0 radical (unpaired) electrons. The van der Waals surface area contributed by atoms with Crippen molar-refractivity contribution in [2.75, 3.05) is 12.3 Å². The largest absolute Gasteiger partial charge is 0.215 e. The zero-order chi connectivity index (χ0) is 8.91. The third-order valence-corrected chi connectivity index (χ3v) is 2.87. The van der Waals surface area contributed by atoms with E-state index in [1.54, 1.807) is 6.92 Å². The van der Waals surface area contributed by atoms with Gasteiger partial charge in [0.15, 0.2) is 0 Å². The van der Waals surface area contributed by atoms with E-state index >= 15 is 0 Å². The highest BCUT2D eigenvalue weighted by atomic mass is 35.5. The van der Waals surface area contributed by atoms with Crippen LogP contribution in [0.25, 0.3) is 0 Å². The lowest BCUT2D eigenvalue weighted by molar-refractivity contribution is 0.580. The van der Waals surface area contributed by atoms with Gasteiger partial charge < -0.3 is 0 Å². The summed E-state index contributed by atoms with van der Waals surface area (Å²) >= 11 is 5.61. The van der Waals surface area contributed by atoms with Crippen LogP contribution in [0.15, 0.2) is 0 Å². The molecule has 68 valence electrons. The van der Waals surface area contributed by atoms with Crippen molar-refractivity contribution < 1.29 is 8.42 Å². The second kappa shape index (κ2) is 4.95. The van der Waals surface area contributed by atoms with Crippen LogP contribution in [0.2, 0.25) is 0 Å². The van der Waals surface area contributed by atoms with E-state index < -0.39 is 10.0 Å². The number of halogens is 1. The maximum absolute atomic E-state index is 10.8. The fourth-order valence-corrected chi connectivity index (χ4v) is 1.26. The molecule has 0 saturated heterocycles. The first kappa shape index (κ1) is 11.2. The van der Waals surface area contributed by atoms with Crippen molar-refractivity contribution in [3.8, 4) is 0 Å². The van der Waals surface area contributed by atoms with Gasteiger partial charge in [-0.15, -0.1) is 11.6 Å². The van der Waals surface area contributed by atoms with Gasteiger partial charge >= 0.3 is 0 Å². The van der Waals surface area contributed by atoms with Crippen molar-refractivity contribution >= 4 is 21.6 Å². The molecule has 1 N–H and O–H groups in total. The molecule has 0 saturated carbocycles. The number of rotatable bonds is 5. The lowest BCUT2D eigenvalue weighted by Crippen LogP contribution is -2.27. The van der Waals surface area contributed by atoms with Crippen molar-refractivity contribution in [1.82, 2.24) is 4.72 Å². The second-order valence-electron chi connectivity index (χ2n) is 2.37. The van der Waals surface area contributed by atoms with Crippen LogP contribution in [0.5, 0.6) is 0 Å². The Hall–Kier alpha value is 0.200. The van der Waals surface area contributed by atoms with Crippen molar-refractivity contribution in [2.24, 2.45) is 0 Å². The van der Waals surface area contributed by atoms with E-state index in [0.717, 1.165) is 0 Å². The molecule has 0 spiro atoms. The summed E-state index contributed by atoms with van der Waals surface area (Å²) in [5.74, 6) is 0.129. The number of nitrogens with one attached hydrogen (secondary N) is 1. The van der Waals surface area contributed by atoms with E-state index in [1.165, 1.54) is 0 Å². The molecule has 1 atom stereocenters. The van der Waals surface area contributed by atoms with Gasteiger partial charge in [0.1, 0.15) is 0 Å². The zero-order valence-electron chi connectivity index (χ0n) is 6.80. The summed E-state index contributed by atoms with van der Waals surface area (Å²) in [6, 6.07) is 0. The summed E-state index contributed by atoms with van der Waals surface area (Å²) in [5, 5.41) is 0.0227. The van der Waals surface area contributed by atoms with Gasteiger partial charge in [0.05, 0.1) is 5.75 Å². The van der Waals surface area contributed by atoms with E-state index in [0.29, 0.717) is 13.0 Å². The average molecular weight is 200 g/mol. The Morgan fingerprint density at radius 1 is 1.55 bits per heavy atom. The molecule has 5 heteroatoms. The lowest BCUT2D eigenvalue weighted by atomic mass is 10.3. The zero-order valence-corrected chi connectivity index (χ0v) is 8.37. The Morgan fingerprint density at radius 3 is 2.45 bits per heavy atom. The minimum Gasteiger partial charge on any atom is -0.215 e. The minimum absolute atomic E-state index is 0.0227. The van der Waals surface area contributed by atoms with Crippen molar-refractivity contribution in [3.05, 3.63) is 0 Å². The van der Waals surface area contributed by atoms with Crippen LogP contribution in [0, 0.1) is 0 Å². The average Bonchev–Trinajstić information content (AvgIpc) is 1.87. The Bertz CT molecular complexity index is 189. The maximum Gasteiger partial charge on any atom is 0.211 e. The van der Waals surface area contributed by atoms with Crippen LogP contribution >= 0.6 is 11.6 Å². The standard InChI is InChI=1S/C6H14ClNO2S/c1-3-11(9,10)8-5-4-6(2)7/h6,8H,3-5H2,1-2H3. The van der Waals surface area contributed by atoms with Gasteiger partial charge in [-0.25, -0.2) is 13.1 Å². The molecule has 0 aromatic heterocycles. The fraction of sp³-hybridized carbons (Fsp3) is 1.00. The molecule has 0 bridgehead atoms. The Labute approximate surface area is 73.2 Å². The van der Waals surface area contributed by atoms with Crippen molar-refractivity contribution in [3.63, 3.8) is 0 Å². The molecular formula is C6H14ClNO2S. The predicted molar refractivity (Wildman–Crippen MR) is 47.4 cm³/mol. The smallest absolute Gasteiger partial charge is 0.211 e. The molecule has 0 aliphatic carbocycles. The van der Waals surface area contributed by atoms with E-state index in [-0.39, 0.29) is 11.1 Å². The molecule has 0 aromatic carbocycles. The number of alkyl halides is 1. The van der Waals surface area contributed by atoms with Crippen LogP contribution in [0.3, 0.4) is 0 Å². The molecule has 11 heavy (non-hydrogen) atoms. The van der Waals surface area contributed by atoms with E-state index in [4.69, 9.17) is 11.6 Å². The molecule has 0 aromatic rings. The molecule has 0 heterocycles. The van der Waals surface area contributed by atoms with Gasteiger partial charge in [-0.3, -0.25) is 0 Å². The Morgan fingerprint density at radius 2 is 2.09 bits per heavy atom. The molecular weight excluding hydrogens is 186 g/mol. The van der Waals surface area contributed by atoms with Crippen molar-refractivity contribution in [2.45, 2.75) is 25.6 Å². The molecule has 3 nitrogen and oxygen atoms in total. The van der Waals surface area contributed by atoms with Gasteiger partial charge in [-0.2, -0.15) is 0 Å². The van der Waals surface area contributed by atoms with Gasteiger partial charge in [-0.1, -0.05) is 0 Å². The minimum atomic E-state index is -3.02. The lowest BCUT2D eigenvalue weighted by Gasteiger charge is -2.04. The van der Waals surface area contributed by atoms with E-state index in [2.05, 4.69) is 4.72 Å². The third-order valence-electron chi connectivity index (χ3n) is 1.24. The second-order valence-corrected chi connectivity index (χ2v) is 5.21. The molecule has 0 rings (SSSR count). The van der Waals surface area contributed by atoms with Gasteiger partial charge in [0, 0.05) is 11.9 Å². The summed E-state index contributed by atoms with van der Waals surface area (Å²) in [6.45, 7) is 3.87. The highest BCUT2D eigenvalue weighted by molar-refractivity contribution is 7.89. The molecule has 0 fully saturated rings. The molecule has 0 aliphatic heterocycles. The quantitative estimate of drug-likeness (QED) is 0.670. The first-order valence-corrected chi connectivity index (χ1v) is 5.68. The fourth-order valence-electron chi connectivity index (χ4n) is 0.515. The number of hydrogen-bond acceptors (Lipinski definition) is 2. The van der Waals surface area contributed by atoms with Gasteiger partial charge in [0.2, 0.25) is 10.0 Å². The summed E-state index contributed by atoms with van der Waals surface area (Å²) in [4.78, 5) is 0. The highest BCUT2D eigenvalue weighted by Gasteiger charge is 2.05. The van der Waals surface area contributed by atoms with Crippen LogP contribution in [-0.4, -0.2) is 26.1 Å². The first-order chi connectivity index (χ1) is 4.98. The van der Waals surface area contributed by atoms with Crippen LogP contribution < -0.4 is 4.72 Å². The number of hydrogen-bond donors (Lipinski definition) is 1. The van der Waals surface area contributed by atoms with E-state index in [9.17, 15) is 8.42 Å². The van der Waals surface area contributed by atoms with Gasteiger partial charge in [0.25, 0.3) is 0 Å². The topological polar surface area (TPSA) is 46.2 Å². The SMILES string of the molecule is CCS(=O)(=O)NCCC(C)Cl. The number of sulfonamides is 1. The van der Waals surface area contributed by atoms with Gasteiger partial charge in [-0.05, 0) is 20.3 Å². The Kier molecular flexibility index (Phi) is 5.04. The third kappa shape index (κ3) is 6.59. The van der Waals surface area contributed by atoms with Crippen LogP contribution in [-0.2, 0) is 10.0 Å².